The lowest BCUT2D eigenvalue weighted by atomic mass is 9.90. The quantitative estimate of drug-likeness (QED) is 0.369. The Hall–Kier alpha value is -3.91. The van der Waals surface area contributed by atoms with Gasteiger partial charge in [0.2, 0.25) is 5.43 Å². The normalized spacial score (nSPS) is 18.1. The number of aromatic amines is 1. The highest BCUT2D eigenvalue weighted by molar-refractivity contribution is 5.86. The molecule has 8 nitrogen and oxygen atoms in total. The number of aliphatic carboxylic acids is 1. The fourth-order valence-electron chi connectivity index (χ4n) is 4.31. The van der Waals surface area contributed by atoms with E-state index in [1.165, 1.54) is 31.4 Å². The van der Waals surface area contributed by atoms with E-state index in [4.69, 9.17) is 9.15 Å². The van der Waals surface area contributed by atoms with Crippen molar-refractivity contribution in [2.24, 2.45) is 0 Å². The molecule has 0 saturated carbocycles. The zero-order valence-electron chi connectivity index (χ0n) is 16.5. The van der Waals surface area contributed by atoms with Gasteiger partial charge < -0.3 is 29.4 Å². The van der Waals surface area contributed by atoms with Crippen LogP contribution in [0.3, 0.4) is 0 Å². The van der Waals surface area contributed by atoms with E-state index in [1.807, 2.05) is 24.3 Å². The number of carboxylic acid groups (broad SMARTS) is 1. The van der Waals surface area contributed by atoms with Crippen LogP contribution >= 0.6 is 0 Å². The molecular formula is C23H18N2O6. The Kier molecular flexibility index (Phi) is 4.37. The molecule has 4 aromatic rings. The number of quaternary nitrogens is 1. The third-order valence-corrected chi connectivity index (χ3v) is 5.68. The van der Waals surface area contributed by atoms with Gasteiger partial charge in [0.1, 0.15) is 23.6 Å². The Labute approximate surface area is 175 Å². The SMILES string of the molecule is CC(=O)Oc1ccc2c(=O)c([C@H]3[NH2+][C@@H](C(=O)[O-])Cc4c3[nH]c3ccccc43)coc2c1. The van der Waals surface area contributed by atoms with Gasteiger partial charge in [0.05, 0.1) is 22.6 Å². The van der Waals surface area contributed by atoms with Crippen LogP contribution in [0.25, 0.3) is 21.9 Å². The number of benzene rings is 2. The lowest BCUT2D eigenvalue weighted by molar-refractivity contribution is -0.717. The van der Waals surface area contributed by atoms with Crippen LogP contribution in [0, 0.1) is 0 Å². The van der Waals surface area contributed by atoms with Gasteiger partial charge in [0.15, 0.2) is 6.04 Å². The van der Waals surface area contributed by atoms with E-state index in [-0.39, 0.29) is 16.8 Å². The van der Waals surface area contributed by atoms with E-state index in [0.717, 1.165) is 22.2 Å². The van der Waals surface area contributed by atoms with Crippen LogP contribution < -0.4 is 20.6 Å². The third kappa shape index (κ3) is 3.17. The Balaban J connectivity index is 1.67. The van der Waals surface area contributed by atoms with Crippen LogP contribution in [0.4, 0.5) is 0 Å². The number of fused-ring (bicyclic) bond motifs is 4. The van der Waals surface area contributed by atoms with Crippen molar-refractivity contribution in [3.05, 3.63) is 75.8 Å². The number of para-hydroxylation sites is 1. The molecule has 0 amide bonds. The molecule has 1 aliphatic rings. The fraction of sp³-hybridized carbons (Fsp3) is 0.174. The Bertz CT molecular complexity index is 1420. The summed E-state index contributed by atoms with van der Waals surface area (Å²) in [5.74, 6) is -1.39. The van der Waals surface area contributed by atoms with Crippen molar-refractivity contribution in [1.82, 2.24) is 4.98 Å². The first-order chi connectivity index (χ1) is 14.9. The van der Waals surface area contributed by atoms with Gasteiger partial charge in [0.25, 0.3) is 0 Å². The predicted octanol–water partition coefficient (Wildman–Crippen LogP) is 0.527. The number of ether oxygens (including phenoxy) is 1. The molecule has 5 rings (SSSR count). The number of esters is 1. The molecule has 3 heterocycles. The molecule has 0 fully saturated rings. The molecule has 2 aromatic heterocycles. The number of nitrogens with one attached hydrogen (secondary N) is 1. The molecule has 3 N–H and O–H groups in total. The molecule has 0 radical (unpaired) electrons. The lowest BCUT2D eigenvalue weighted by Gasteiger charge is -2.28. The first kappa shape index (κ1) is 19.1. The summed E-state index contributed by atoms with van der Waals surface area (Å²) in [6.45, 7) is 1.29. The highest BCUT2D eigenvalue weighted by atomic mass is 16.5. The summed E-state index contributed by atoms with van der Waals surface area (Å²) in [4.78, 5) is 39.5. The summed E-state index contributed by atoms with van der Waals surface area (Å²) in [6, 6.07) is 10.7. The summed E-state index contributed by atoms with van der Waals surface area (Å²) in [6.07, 6.45) is 1.64. The number of hydrogen-bond acceptors (Lipinski definition) is 6. The number of hydrogen-bond donors (Lipinski definition) is 2. The number of carboxylic acids is 1. The fourth-order valence-corrected chi connectivity index (χ4v) is 4.31. The summed E-state index contributed by atoms with van der Waals surface area (Å²) in [7, 11) is 0. The average Bonchev–Trinajstić information content (AvgIpc) is 3.12. The molecular weight excluding hydrogens is 400 g/mol. The van der Waals surface area contributed by atoms with Crippen LogP contribution in [0.15, 0.2) is 57.9 Å². The summed E-state index contributed by atoms with van der Waals surface area (Å²) in [5.41, 5.74) is 2.84. The largest absolute Gasteiger partial charge is 0.544 e. The van der Waals surface area contributed by atoms with Gasteiger partial charge in [0, 0.05) is 30.3 Å². The topological polar surface area (TPSA) is 129 Å². The highest BCUT2D eigenvalue weighted by Crippen LogP contribution is 2.31. The second kappa shape index (κ2) is 7.10. The van der Waals surface area contributed by atoms with E-state index in [1.54, 1.807) is 5.32 Å². The summed E-state index contributed by atoms with van der Waals surface area (Å²) >= 11 is 0. The second-order valence-corrected chi connectivity index (χ2v) is 7.63. The van der Waals surface area contributed by atoms with Crippen LogP contribution in [-0.2, 0) is 16.0 Å². The maximum absolute atomic E-state index is 13.3. The molecule has 31 heavy (non-hydrogen) atoms. The zero-order chi connectivity index (χ0) is 21.7. The van der Waals surface area contributed by atoms with Crippen LogP contribution in [0.5, 0.6) is 5.75 Å². The summed E-state index contributed by atoms with van der Waals surface area (Å²) < 4.78 is 10.7. The maximum Gasteiger partial charge on any atom is 0.308 e. The van der Waals surface area contributed by atoms with E-state index >= 15 is 0 Å². The molecule has 1 aliphatic heterocycles. The van der Waals surface area contributed by atoms with Crippen molar-refractivity contribution in [2.75, 3.05) is 0 Å². The molecule has 0 saturated heterocycles. The minimum absolute atomic E-state index is 0.273. The average molecular weight is 418 g/mol. The van der Waals surface area contributed by atoms with Crippen molar-refractivity contribution in [3.8, 4) is 5.75 Å². The number of rotatable bonds is 3. The van der Waals surface area contributed by atoms with Gasteiger partial charge >= 0.3 is 5.97 Å². The van der Waals surface area contributed by atoms with Crippen molar-refractivity contribution in [1.29, 1.82) is 0 Å². The smallest absolute Gasteiger partial charge is 0.308 e. The molecule has 0 aliphatic carbocycles. The van der Waals surface area contributed by atoms with Crippen molar-refractivity contribution in [2.45, 2.75) is 25.4 Å². The van der Waals surface area contributed by atoms with E-state index < -0.39 is 24.0 Å². The van der Waals surface area contributed by atoms with Gasteiger partial charge in [-0.2, -0.15) is 0 Å². The first-order valence-corrected chi connectivity index (χ1v) is 9.81. The predicted molar refractivity (Wildman–Crippen MR) is 108 cm³/mol. The van der Waals surface area contributed by atoms with Crippen LogP contribution in [-0.4, -0.2) is 23.0 Å². The maximum atomic E-state index is 13.3. The number of nitrogens with two attached hydrogens (primary N) is 1. The van der Waals surface area contributed by atoms with E-state index in [2.05, 4.69) is 4.98 Å². The zero-order valence-corrected chi connectivity index (χ0v) is 16.5. The number of H-pyrrole nitrogens is 1. The van der Waals surface area contributed by atoms with Crippen LogP contribution in [0.1, 0.15) is 29.8 Å². The van der Waals surface area contributed by atoms with Crippen LogP contribution in [0.2, 0.25) is 0 Å². The lowest BCUT2D eigenvalue weighted by Crippen LogP contribution is -2.96. The molecule has 0 spiro atoms. The van der Waals surface area contributed by atoms with Crippen molar-refractivity contribution < 1.29 is 29.2 Å². The van der Waals surface area contributed by atoms with Crippen molar-refractivity contribution in [3.63, 3.8) is 0 Å². The molecule has 156 valence electrons. The second-order valence-electron chi connectivity index (χ2n) is 7.63. The standard InChI is InChI=1S/C23H18N2O6/c1-11(26)31-12-6-7-14-19(8-12)30-10-16(22(14)27)21-20-15(9-18(25-21)23(28)29)13-4-2-3-5-17(13)24-20/h2-8,10,18,21,24-25H,9H2,1H3,(H,28,29)/t18-,21-/m1/s1. The van der Waals surface area contributed by atoms with Gasteiger partial charge in [-0.15, -0.1) is 0 Å². The monoisotopic (exact) mass is 418 g/mol. The molecule has 0 unspecified atom stereocenters. The third-order valence-electron chi connectivity index (χ3n) is 5.68. The number of aromatic nitrogens is 1. The minimum Gasteiger partial charge on any atom is -0.544 e. The Morgan fingerprint density at radius 1 is 1.19 bits per heavy atom. The first-order valence-electron chi connectivity index (χ1n) is 9.81. The Morgan fingerprint density at radius 2 is 2.00 bits per heavy atom. The molecule has 2 aromatic carbocycles. The van der Waals surface area contributed by atoms with Gasteiger partial charge in [-0.25, -0.2) is 0 Å². The van der Waals surface area contributed by atoms with Crippen molar-refractivity contribution >= 4 is 33.8 Å². The molecule has 2 atom stereocenters. The van der Waals surface area contributed by atoms with Gasteiger partial charge in [-0.05, 0) is 23.8 Å². The number of carbonyl (C=O) groups excluding carboxylic acids is 2. The highest BCUT2D eigenvalue weighted by Gasteiger charge is 2.36. The summed E-state index contributed by atoms with van der Waals surface area (Å²) in [5, 5.41) is 14.6. The van der Waals surface area contributed by atoms with Gasteiger partial charge in [-0.1, -0.05) is 18.2 Å². The molecule has 8 heteroatoms. The van der Waals surface area contributed by atoms with E-state index in [9.17, 15) is 19.5 Å². The van der Waals surface area contributed by atoms with Gasteiger partial charge in [-0.3, -0.25) is 9.59 Å². The molecule has 0 bridgehead atoms. The Morgan fingerprint density at radius 3 is 2.77 bits per heavy atom. The number of carbonyl (C=O) groups is 2. The van der Waals surface area contributed by atoms with E-state index in [0.29, 0.717) is 17.4 Å². The minimum atomic E-state index is -1.18.